The zero-order valence-corrected chi connectivity index (χ0v) is 16.7. The van der Waals surface area contributed by atoms with Crippen LogP contribution in [0.1, 0.15) is 24.0 Å². The standard InChI is InChI=1S/C20H21Cl2NO4/c1-13-11-15(21)8-9-18(13)26-10-4-7-20(25)27-12-19(24)23-17-6-3-5-16(22)14(17)2/h3,5-6,8-9,11H,4,7,10,12H2,1-2H3,(H,23,24). The van der Waals surface area contributed by atoms with Crippen LogP contribution in [0, 0.1) is 13.8 Å². The van der Waals surface area contributed by atoms with Gasteiger partial charge in [0, 0.05) is 22.2 Å². The maximum Gasteiger partial charge on any atom is 0.306 e. The molecule has 0 atom stereocenters. The van der Waals surface area contributed by atoms with Gasteiger partial charge in [-0.25, -0.2) is 0 Å². The number of halogens is 2. The molecule has 0 aliphatic rings. The van der Waals surface area contributed by atoms with Gasteiger partial charge in [0.25, 0.3) is 5.91 Å². The Kier molecular flexibility index (Phi) is 7.95. The van der Waals surface area contributed by atoms with Gasteiger partial charge in [-0.2, -0.15) is 0 Å². The molecule has 0 aliphatic carbocycles. The van der Waals surface area contributed by atoms with Crippen LogP contribution < -0.4 is 10.1 Å². The van der Waals surface area contributed by atoms with Gasteiger partial charge < -0.3 is 14.8 Å². The number of amides is 1. The van der Waals surface area contributed by atoms with Gasteiger partial charge in [-0.15, -0.1) is 0 Å². The molecule has 0 aliphatic heterocycles. The van der Waals surface area contributed by atoms with Crippen LogP contribution in [0.5, 0.6) is 5.75 Å². The van der Waals surface area contributed by atoms with Crippen LogP contribution in [0.15, 0.2) is 36.4 Å². The van der Waals surface area contributed by atoms with Gasteiger partial charge in [0.15, 0.2) is 6.61 Å². The van der Waals surface area contributed by atoms with E-state index in [9.17, 15) is 9.59 Å². The van der Waals surface area contributed by atoms with Crippen molar-refractivity contribution in [3.05, 3.63) is 57.6 Å². The summed E-state index contributed by atoms with van der Waals surface area (Å²) in [6.45, 7) is 3.72. The van der Waals surface area contributed by atoms with E-state index in [1.807, 2.05) is 13.0 Å². The highest BCUT2D eigenvalue weighted by atomic mass is 35.5. The molecule has 0 fully saturated rings. The smallest absolute Gasteiger partial charge is 0.306 e. The Morgan fingerprint density at radius 2 is 1.89 bits per heavy atom. The lowest BCUT2D eigenvalue weighted by atomic mass is 10.2. The minimum absolute atomic E-state index is 0.163. The van der Waals surface area contributed by atoms with Gasteiger partial charge in [-0.1, -0.05) is 29.3 Å². The summed E-state index contributed by atoms with van der Waals surface area (Å²) in [6, 6.07) is 10.6. The molecule has 27 heavy (non-hydrogen) atoms. The van der Waals surface area contributed by atoms with Gasteiger partial charge >= 0.3 is 5.97 Å². The number of anilines is 1. The molecule has 144 valence electrons. The van der Waals surface area contributed by atoms with Crippen molar-refractivity contribution < 1.29 is 19.1 Å². The molecule has 0 bridgehead atoms. The van der Waals surface area contributed by atoms with E-state index >= 15 is 0 Å². The van der Waals surface area contributed by atoms with Crippen molar-refractivity contribution in [2.45, 2.75) is 26.7 Å². The highest BCUT2D eigenvalue weighted by Crippen LogP contribution is 2.23. The third kappa shape index (κ3) is 6.77. The summed E-state index contributed by atoms with van der Waals surface area (Å²) in [5.74, 6) is -0.143. The van der Waals surface area contributed by atoms with Gasteiger partial charge in [0.1, 0.15) is 5.75 Å². The quantitative estimate of drug-likeness (QED) is 0.494. The number of hydrogen-bond acceptors (Lipinski definition) is 4. The number of ether oxygens (including phenoxy) is 2. The van der Waals surface area contributed by atoms with Crippen LogP contribution in [-0.2, 0) is 14.3 Å². The maximum absolute atomic E-state index is 11.9. The predicted molar refractivity (Wildman–Crippen MR) is 107 cm³/mol. The average molecular weight is 410 g/mol. The first kappa shape index (κ1) is 21.1. The lowest BCUT2D eigenvalue weighted by molar-refractivity contribution is -0.147. The summed E-state index contributed by atoms with van der Waals surface area (Å²) >= 11 is 11.9. The number of carbonyl (C=O) groups is 2. The molecule has 1 amide bonds. The summed E-state index contributed by atoms with van der Waals surface area (Å²) in [4.78, 5) is 23.6. The lowest BCUT2D eigenvalue weighted by Crippen LogP contribution is -2.21. The summed E-state index contributed by atoms with van der Waals surface area (Å²) < 4.78 is 10.6. The molecule has 7 heteroatoms. The number of rotatable bonds is 8. The molecule has 1 N–H and O–H groups in total. The third-order valence-electron chi connectivity index (χ3n) is 3.83. The van der Waals surface area contributed by atoms with E-state index in [-0.39, 0.29) is 13.0 Å². The van der Waals surface area contributed by atoms with E-state index in [4.69, 9.17) is 32.7 Å². The van der Waals surface area contributed by atoms with Crippen LogP contribution >= 0.6 is 23.2 Å². The molecular formula is C20H21Cl2NO4. The van der Waals surface area contributed by atoms with Gasteiger partial charge in [0.05, 0.1) is 6.61 Å². The van der Waals surface area contributed by atoms with E-state index in [0.29, 0.717) is 28.8 Å². The molecule has 5 nitrogen and oxygen atoms in total. The van der Waals surface area contributed by atoms with Crippen LogP contribution in [0.4, 0.5) is 5.69 Å². The Morgan fingerprint density at radius 1 is 1.11 bits per heavy atom. The summed E-state index contributed by atoms with van der Waals surface area (Å²) in [7, 11) is 0. The second-order valence-electron chi connectivity index (χ2n) is 5.98. The summed E-state index contributed by atoms with van der Waals surface area (Å²) in [5.41, 5.74) is 2.28. The first-order valence-electron chi connectivity index (χ1n) is 8.46. The van der Waals surface area contributed by atoms with Gasteiger partial charge in [-0.3, -0.25) is 9.59 Å². The topological polar surface area (TPSA) is 64.6 Å². The zero-order valence-electron chi connectivity index (χ0n) is 15.2. The Labute approximate surface area is 168 Å². The van der Waals surface area contributed by atoms with Gasteiger partial charge in [0.2, 0.25) is 0 Å². The van der Waals surface area contributed by atoms with E-state index in [1.165, 1.54) is 0 Å². The minimum Gasteiger partial charge on any atom is -0.493 e. The highest BCUT2D eigenvalue weighted by molar-refractivity contribution is 6.31. The number of hydrogen-bond donors (Lipinski definition) is 1. The van der Waals surface area contributed by atoms with E-state index < -0.39 is 11.9 Å². The van der Waals surface area contributed by atoms with Crippen molar-refractivity contribution in [1.82, 2.24) is 0 Å². The zero-order chi connectivity index (χ0) is 19.8. The first-order valence-corrected chi connectivity index (χ1v) is 9.22. The highest BCUT2D eigenvalue weighted by Gasteiger charge is 2.10. The predicted octanol–water partition coefficient (Wildman–Crippen LogP) is 4.95. The Hall–Kier alpha value is -2.24. The molecule has 2 aromatic rings. The minimum atomic E-state index is -0.454. The average Bonchev–Trinajstić information content (AvgIpc) is 2.62. The second-order valence-corrected chi connectivity index (χ2v) is 6.83. The Morgan fingerprint density at radius 3 is 2.63 bits per heavy atom. The SMILES string of the molecule is Cc1cc(Cl)ccc1OCCCC(=O)OCC(=O)Nc1cccc(Cl)c1C. The number of carbonyl (C=O) groups excluding carboxylic acids is 2. The molecule has 2 aromatic carbocycles. The van der Waals surface area contributed by atoms with Crippen molar-refractivity contribution in [1.29, 1.82) is 0 Å². The first-order chi connectivity index (χ1) is 12.9. The van der Waals surface area contributed by atoms with Crippen molar-refractivity contribution >= 4 is 40.8 Å². The van der Waals surface area contributed by atoms with E-state index in [1.54, 1.807) is 37.3 Å². The number of nitrogens with one attached hydrogen (secondary N) is 1. The molecule has 2 rings (SSSR count). The second kappa shape index (κ2) is 10.2. The van der Waals surface area contributed by atoms with E-state index in [0.717, 1.165) is 16.9 Å². The molecule has 0 aromatic heterocycles. The molecule has 0 spiro atoms. The molecule has 0 saturated heterocycles. The molecule has 0 saturated carbocycles. The fourth-order valence-electron chi connectivity index (χ4n) is 2.32. The van der Waals surface area contributed by atoms with Crippen LogP contribution in [-0.4, -0.2) is 25.1 Å². The van der Waals surface area contributed by atoms with Crippen molar-refractivity contribution in [3.63, 3.8) is 0 Å². The monoisotopic (exact) mass is 409 g/mol. The van der Waals surface area contributed by atoms with Crippen LogP contribution in [0.25, 0.3) is 0 Å². The largest absolute Gasteiger partial charge is 0.493 e. The molecule has 0 radical (unpaired) electrons. The third-order valence-corrected chi connectivity index (χ3v) is 4.47. The lowest BCUT2D eigenvalue weighted by Gasteiger charge is -2.10. The van der Waals surface area contributed by atoms with Crippen molar-refractivity contribution in [2.24, 2.45) is 0 Å². The molecular weight excluding hydrogens is 389 g/mol. The number of aryl methyl sites for hydroxylation is 1. The number of benzene rings is 2. The normalized spacial score (nSPS) is 10.4. The Bertz CT molecular complexity index is 824. The number of esters is 1. The fraction of sp³-hybridized carbons (Fsp3) is 0.300. The van der Waals surface area contributed by atoms with E-state index in [2.05, 4.69) is 5.32 Å². The van der Waals surface area contributed by atoms with Gasteiger partial charge in [-0.05, 0) is 61.7 Å². The van der Waals surface area contributed by atoms with Crippen molar-refractivity contribution in [3.8, 4) is 5.75 Å². The maximum atomic E-state index is 11.9. The molecule has 0 heterocycles. The summed E-state index contributed by atoms with van der Waals surface area (Å²) in [6.07, 6.45) is 0.645. The van der Waals surface area contributed by atoms with Crippen molar-refractivity contribution in [2.75, 3.05) is 18.5 Å². The molecule has 0 unspecified atom stereocenters. The Balaban J connectivity index is 1.67. The van der Waals surface area contributed by atoms with Crippen LogP contribution in [0.2, 0.25) is 10.0 Å². The fourth-order valence-corrected chi connectivity index (χ4v) is 2.72. The van der Waals surface area contributed by atoms with Crippen LogP contribution in [0.3, 0.4) is 0 Å². The summed E-state index contributed by atoms with van der Waals surface area (Å²) in [5, 5.41) is 3.87.